The van der Waals surface area contributed by atoms with E-state index in [1.54, 1.807) is 16.6 Å². The maximum absolute atomic E-state index is 11.0. The van der Waals surface area contributed by atoms with E-state index in [2.05, 4.69) is 31.7 Å². The van der Waals surface area contributed by atoms with Gasteiger partial charge in [0.05, 0.1) is 17.7 Å². The van der Waals surface area contributed by atoms with Crippen LogP contribution in [0.25, 0.3) is 5.52 Å². The Hall–Kier alpha value is -3.68. The zero-order valence-electron chi connectivity index (χ0n) is 16.2. The summed E-state index contributed by atoms with van der Waals surface area (Å²) in [6.45, 7) is 1.92. The molecule has 1 aliphatic rings. The fourth-order valence-electron chi connectivity index (χ4n) is 3.77. The first-order chi connectivity index (χ1) is 14.5. The highest BCUT2D eigenvalue weighted by Gasteiger charge is 2.28. The van der Waals surface area contributed by atoms with Crippen LogP contribution >= 0.6 is 0 Å². The van der Waals surface area contributed by atoms with Crippen LogP contribution in [-0.2, 0) is 6.54 Å². The lowest BCUT2D eigenvalue weighted by atomic mass is 10.00. The first kappa shape index (κ1) is 19.6. The van der Waals surface area contributed by atoms with Crippen LogP contribution in [0, 0.1) is 11.3 Å². The van der Waals surface area contributed by atoms with E-state index in [4.69, 9.17) is 16.1 Å². The summed E-state index contributed by atoms with van der Waals surface area (Å²) in [6, 6.07) is 10.8. The van der Waals surface area contributed by atoms with Crippen LogP contribution in [0.1, 0.15) is 17.5 Å². The second kappa shape index (κ2) is 8.36. The van der Waals surface area contributed by atoms with Gasteiger partial charge in [-0.05, 0) is 36.2 Å². The van der Waals surface area contributed by atoms with Gasteiger partial charge in [-0.1, -0.05) is 6.07 Å². The molecule has 30 heavy (non-hydrogen) atoms. The number of fused-ring (bicyclic) bond motifs is 1. The molecule has 154 valence electrons. The molecule has 1 amide bonds. The summed E-state index contributed by atoms with van der Waals surface area (Å²) < 4.78 is 1.75. The number of piperidine rings is 1. The van der Waals surface area contributed by atoms with E-state index in [1.165, 1.54) is 6.33 Å². The molecule has 3 heterocycles. The Kier molecular flexibility index (Phi) is 5.47. The first-order valence-corrected chi connectivity index (χ1v) is 9.59. The molecule has 1 aliphatic heterocycles. The summed E-state index contributed by atoms with van der Waals surface area (Å²) >= 11 is 0. The zero-order chi connectivity index (χ0) is 21.1. The summed E-state index contributed by atoms with van der Waals surface area (Å²) in [5.41, 5.74) is 9.24. The number of carboxylic acid groups (broad SMARTS) is 1. The number of hydrogen-bond acceptors (Lipinski definition) is 7. The number of nitrogens with two attached hydrogens (primary N) is 1. The maximum atomic E-state index is 11.0. The molecule has 0 aliphatic carbocycles. The number of nitrogens with one attached hydrogen (secondary N) is 2. The van der Waals surface area contributed by atoms with E-state index >= 15 is 0 Å². The van der Waals surface area contributed by atoms with Crippen LogP contribution < -0.4 is 16.4 Å². The Morgan fingerprint density at radius 3 is 3.07 bits per heavy atom. The summed E-state index contributed by atoms with van der Waals surface area (Å²) in [5, 5.41) is 28.2. The summed E-state index contributed by atoms with van der Waals surface area (Å²) in [5.74, 6) is 0.633. The average molecular weight is 406 g/mol. The number of hydrogen-bond donors (Lipinski definition) is 4. The molecule has 0 unspecified atom stereocenters. The number of rotatable bonds is 5. The molecular formula is C20H22N8O2. The highest BCUT2D eigenvalue weighted by molar-refractivity contribution is 5.76. The Labute approximate surface area is 172 Å². The van der Waals surface area contributed by atoms with Gasteiger partial charge in [-0.25, -0.2) is 14.3 Å². The molecule has 1 saturated heterocycles. The maximum Gasteiger partial charge on any atom is 0.404 e. The topological polar surface area (TPSA) is 145 Å². The van der Waals surface area contributed by atoms with Crippen LogP contribution in [0.2, 0.25) is 0 Å². The third-order valence-electron chi connectivity index (χ3n) is 5.24. The fourth-order valence-corrected chi connectivity index (χ4v) is 3.77. The fraction of sp³-hybridized carbons (Fsp3) is 0.300. The van der Waals surface area contributed by atoms with Gasteiger partial charge in [-0.15, -0.1) is 0 Å². The lowest BCUT2D eigenvalue weighted by Gasteiger charge is -2.36. The van der Waals surface area contributed by atoms with Crippen molar-refractivity contribution in [2.45, 2.75) is 25.0 Å². The minimum Gasteiger partial charge on any atom is -0.465 e. The molecule has 10 heteroatoms. The van der Waals surface area contributed by atoms with Crippen LogP contribution in [-0.4, -0.2) is 55.9 Å². The van der Waals surface area contributed by atoms with E-state index in [0.717, 1.165) is 23.3 Å². The van der Waals surface area contributed by atoms with Crippen LogP contribution in [0.3, 0.4) is 0 Å². The largest absolute Gasteiger partial charge is 0.465 e. The molecule has 4 rings (SSSR count). The van der Waals surface area contributed by atoms with Gasteiger partial charge >= 0.3 is 6.09 Å². The van der Waals surface area contributed by atoms with Crippen molar-refractivity contribution in [1.82, 2.24) is 24.8 Å². The number of anilines is 2. The summed E-state index contributed by atoms with van der Waals surface area (Å²) in [4.78, 5) is 17.6. The van der Waals surface area contributed by atoms with E-state index in [9.17, 15) is 4.79 Å². The van der Waals surface area contributed by atoms with Crippen molar-refractivity contribution in [3.8, 4) is 6.07 Å². The van der Waals surface area contributed by atoms with E-state index in [1.807, 2.05) is 24.4 Å². The van der Waals surface area contributed by atoms with Crippen molar-refractivity contribution in [2.24, 2.45) is 5.73 Å². The molecule has 0 spiro atoms. The van der Waals surface area contributed by atoms with Gasteiger partial charge in [0.15, 0.2) is 5.82 Å². The summed E-state index contributed by atoms with van der Waals surface area (Å²) in [6.07, 6.45) is 2.98. The lowest BCUT2D eigenvalue weighted by molar-refractivity contribution is 0.149. The molecule has 2 aromatic heterocycles. The van der Waals surface area contributed by atoms with E-state index in [0.29, 0.717) is 30.9 Å². The Morgan fingerprint density at radius 2 is 2.27 bits per heavy atom. The third kappa shape index (κ3) is 4.17. The van der Waals surface area contributed by atoms with Gasteiger partial charge in [-0.3, -0.25) is 4.90 Å². The molecule has 0 radical (unpaired) electrons. The highest BCUT2D eigenvalue weighted by Crippen LogP contribution is 2.25. The molecular weight excluding hydrogens is 384 g/mol. The zero-order valence-corrected chi connectivity index (χ0v) is 16.2. The number of nitriles is 1. The van der Waals surface area contributed by atoms with Gasteiger partial charge in [0.25, 0.3) is 0 Å². The van der Waals surface area contributed by atoms with Crippen LogP contribution in [0.4, 0.5) is 16.3 Å². The number of aromatic nitrogens is 3. The standard InChI is InChI=1S/C20H22N8O2/c21-9-13-2-1-3-15(8-13)25-19-18-14(4-7-28(18)24-12-23-19)10-27-6-5-16(22)17(11-27)26-20(29)30/h1-4,7-8,12,16-17,26H,5-6,10-11,22H2,(H,29,30)(H,23,24,25)/t16-,17+/m1/s1. The molecule has 0 bridgehead atoms. The monoisotopic (exact) mass is 406 g/mol. The van der Waals surface area contributed by atoms with Crippen molar-refractivity contribution in [1.29, 1.82) is 5.26 Å². The predicted octanol–water partition coefficient (Wildman–Crippen LogP) is 1.51. The van der Waals surface area contributed by atoms with Crippen LogP contribution in [0.15, 0.2) is 42.9 Å². The van der Waals surface area contributed by atoms with Gasteiger partial charge in [0, 0.05) is 37.6 Å². The Bertz CT molecular complexity index is 1110. The van der Waals surface area contributed by atoms with Crippen molar-refractivity contribution in [2.75, 3.05) is 18.4 Å². The average Bonchev–Trinajstić information content (AvgIpc) is 3.14. The molecule has 3 aromatic rings. The van der Waals surface area contributed by atoms with Gasteiger partial charge in [0.1, 0.15) is 11.8 Å². The van der Waals surface area contributed by atoms with Crippen molar-refractivity contribution >= 4 is 23.1 Å². The predicted molar refractivity (Wildman–Crippen MR) is 110 cm³/mol. The number of carbonyl (C=O) groups is 1. The molecule has 1 fully saturated rings. The Morgan fingerprint density at radius 1 is 1.40 bits per heavy atom. The number of amides is 1. The quantitative estimate of drug-likeness (QED) is 0.499. The molecule has 5 N–H and O–H groups in total. The molecule has 0 saturated carbocycles. The minimum atomic E-state index is -1.06. The lowest BCUT2D eigenvalue weighted by Crippen LogP contribution is -2.57. The SMILES string of the molecule is N#Cc1cccc(Nc2ncnn3ccc(CN4CC[C@@H](N)[C@@H](NC(=O)O)C4)c23)c1. The first-order valence-electron chi connectivity index (χ1n) is 9.59. The number of nitrogens with zero attached hydrogens (tertiary/aromatic N) is 5. The van der Waals surface area contributed by atoms with Gasteiger partial charge in [-0.2, -0.15) is 10.4 Å². The molecule has 10 nitrogen and oxygen atoms in total. The molecule has 2 atom stereocenters. The number of likely N-dealkylation sites (tertiary alicyclic amines) is 1. The van der Waals surface area contributed by atoms with Crippen molar-refractivity contribution in [3.05, 3.63) is 54.0 Å². The second-order valence-corrected chi connectivity index (χ2v) is 7.30. The summed E-state index contributed by atoms with van der Waals surface area (Å²) in [7, 11) is 0. The van der Waals surface area contributed by atoms with Crippen molar-refractivity contribution in [3.63, 3.8) is 0 Å². The van der Waals surface area contributed by atoms with E-state index in [-0.39, 0.29) is 12.1 Å². The van der Waals surface area contributed by atoms with Gasteiger partial charge < -0.3 is 21.5 Å². The van der Waals surface area contributed by atoms with Crippen LogP contribution in [0.5, 0.6) is 0 Å². The third-order valence-corrected chi connectivity index (χ3v) is 5.24. The van der Waals surface area contributed by atoms with Crippen molar-refractivity contribution < 1.29 is 9.90 Å². The highest BCUT2D eigenvalue weighted by atomic mass is 16.4. The second-order valence-electron chi connectivity index (χ2n) is 7.30. The van der Waals surface area contributed by atoms with E-state index < -0.39 is 6.09 Å². The number of benzene rings is 1. The Balaban J connectivity index is 1.58. The minimum absolute atomic E-state index is 0.198. The smallest absolute Gasteiger partial charge is 0.404 e. The normalized spacial score (nSPS) is 19.3. The van der Waals surface area contributed by atoms with Gasteiger partial charge in [0.2, 0.25) is 0 Å². The molecule has 1 aromatic carbocycles.